The van der Waals surface area contributed by atoms with Crippen LogP contribution in [0.25, 0.3) is 0 Å². The summed E-state index contributed by atoms with van der Waals surface area (Å²) < 4.78 is 29.5. The highest BCUT2D eigenvalue weighted by Crippen LogP contribution is 2.45. The Balaban J connectivity index is 1.57. The molecule has 0 spiro atoms. The number of benzene rings is 3. The summed E-state index contributed by atoms with van der Waals surface area (Å²) in [6, 6.07) is 19.1. The zero-order valence-electron chi connectivity index (χ0n) is 18.3. The van der Waals surface area contributed by atoms with Crippen molar-refractivity contribution < 1.29 is 28.1 Å². The number of hydrogen-bond donors (Lipinski definition) is 1. The predicted molar refractivity (Wildman–Crippen MR) is 131 cm³/mol. The molecule has 0 aliphatic carbocycles. The van der Waals surface area contributed by atoms with Gasteiger partial charge in [0.05, 0.1) is 18.1 Å². The van der Waals surface area contributed by atoms with E-state index in [1.807, 2.05) is 0 Å². The zero-order chi connectivity index (χ0) is 25.3. The average Bonchev–Trinajstić information content (AvgIpc) is 2.86. The summed E-state index contributed by atoms with van der Waals surface area (Å²) in [7, 11) is -3.93. The summed E-state index contributed by atoms with van der Waals surface area (Å²) in [4.78, 5) is 22.4. The Labute approximate surface area is 211 Å². The lowest BCUT2D eigenvalue weighted by Gasteiger charge is -2.19. The first-order valence-corrected chi connectivity index (χ1v) is 12.5. The fourth-order valence-electron chi connectivity index (χ4n) is 2.70. The SMILES string of the molecule is O=C(CNP(=O)(OCc1ccc(Cl)cc1)OCc1ccc(Cl)cc1)OCc1ccc([N+](=O)[O-])cc1. The molecular formula is C23H21Cl2N2O7P. The molecule has 1 N–H and O–H groups in total. The van der Waals surface area contributed by atoms with Crippen LogP contribution in [-0.2, 0) is 43.0 Å². The number of esters is 1. The Kier molecular flexibility index (Phi) is 9.80. The maximum Gasteiger partial charge on any atom is 0.406 e. The molecule has 0 saturated heterocycles. The molecule has 3 aromatic rings. The number of carbonyl (C=O) groups excluding carboxylic acids is 1. The van der Waals surface area contributed by atoms with Crippen LogP contribution in [0.5, 0.6) is 0 Å². The molecule has 0 aromatic heterocycles. The molecule has 0 atom stereocenters. The van der Waals surface area contributed by atoms with E-state index in [1.54, 1.807) is 48.5 Å². The standard InChI is InChI=1S/C23H21Cl2N2O7P/c24-20-7-1-18(2-8-20)15-33-35(31,34-16-19-3-9-21(25)10-4-19)26-13-23(28)32-14-17-5-11-22(12-6-17)27(29)30/h1-12H,13-16H2,(H,26,31). The lowest BCUT2D eigenvalue weighted by molar-refractivity contribution is -0.384. The van der Waals surface area contributed by atoms with E-state index in [-0.39, 0.29) is 25.5 Å². The van der Waals surface area contributed by atoms with Crippen molar-refractivity contribution >= 4 is 42.6 Å². The lowest BCUT2D eigenvalue weighted by atomic mass is 10.2. The zero-order valence-corrected chi connectivity index (χ0v) is 20.7. The van der Waals surface area contributed by atoms with Gasteiger partial charge in [-0.25, -0.2) is 9.65 Å². The Hall–Kier alpha value is -2.78. The number of non-ortho nitro benzene ring substituents is 1. The topological polar surface area (TPSA) is 117 Å². The first-order valence-electron chi connectivity index (χ1n) is 10.2. The Morgan fingerprint density at radius 3 is 1.69 bits per heavy atom. The number of rotatable bonds is 12. The number of nitrogens with zero attached hydrogens (tertiary/aromatic N) is 1. The van der Waals surface area contributed by atoms with Crippen molar-refractivity contribution in [1.82, 2.24) is 5.09 Å². The second-order valence-electron chi connectivity index (χ2n) is 7.22. The Morgan fingerprint density at radius 1 is 0.800 bits per heavy atom. The van der Waals surface area contributed by atoms with Crippen molar-refractivity contribution in [3.05, 3.63) is 110 Å². The fraction of sp³-hybridized carbons (Fsp3) is 0.174. The van der Waals surface area contributed by atoms with Gasteiger partial charge in [0.2, 0.25) is 0 Å². The van der Waals surface area contributed by atoms with E-state index >= 15 is 0 Å². The number of nitro groups is 1. The summed E-state index contributed by atoms with van der Waals surface area (Å²) in [5.41, 5.74) is 1.89. The number of nitro benzene ring substituents is 1. The lowest BCUT2D eigenvalue weighted by Crippen LogP contribution is -2.24. The average molecular weight is 539 g/mol. The van der Waals surface area contributed by atoms with Crippen LogP contribution in [0.2, 0.25) is 10.0 Å². The maximum atomic E-state index is 13.3. The molecule has 9 nitrogen and oxygen atoms in total. The summed E-state index contributed by atoms with van der Waals surface area (Å²) in [6.07, 6.45) is 0. The normalized spacial score (nSPS) is 11.3. The minimum atomic E-state index is -3.93. The number of carbonyl (C=O) groups is 1. The molecule has 0 saturated carbocycles. The van der Waals surface area contributed by atoms with Crippen LogP contribution in [0.1, 0.15) is 16.7 Å². The van der Waals surface area contributed by atoms with Gasteiger partial charge in [-0.05, 0) is 53.1 Å². The van der Waals surface area contributed by atoms with Gasteiger partial charge in [-0.2, -0.15) is 0 Å². The van der Waals surface area contributed by atoms with Crippen molar-refractivity contribution in [1.29, 1.82) is 0 Å². The first kappa shape index (κ1) is 26.8. The van der Waals surface area contributed by atoms with E-state index in [9.17, 15) is 19.5 Å². The van der Waals surface area contributed by atoms with Crippen LogP contribution in [0.4, 0.5) is 5.69 Å². The highest BCUT2D eigenvalue weighted by atomic mass is 35.5. The highest BCUT2D eigenvalue weighted by Gasteiger charge is 2.26. The number of hydrogen-bond acceptors (Lipinski definition) is 7. The second kappa shape index (κ2) is 12.8. The van der Waals surface area contributed by atoms with E-state index in [0.717, 1.165) is 0 Å². The molecule has 12 heteroatoms. The van der Waals surface area contributed by atoms with Gasteiger partial charge in [0, 0.05) is 22.2 Å². The van der Waals surface area contributed by atoms with E-state index in [4.69, 9.17) is 37.0 Å². The Morgan fingerprint density at radius 2 is 1.23 bits per heavy atom. The van der Waals surface area contributed by atoms with Crippen LogP contribution in [0, 0.1) is 10.1 Å². The largest absolute Gasteiger partial charge is 0.460 e. The minimum Gasteiger partial charge on any atom is -0.460 e. The van der Waals surface area contributed by atoms with Gasteiger partial charge in [0.25, 0.3) is 5.69 Å². The van der Waals surface area contributed by atoms with E-state index in [0.29, 0.717) is 26.7 Å². The number of nitrogens with one attached hydrogen (secondary N) is 1. The third-order valence-corrected chi connectivity index (χ3v) is 6.58. The quantitative estimate of drug-likeness (QED) is 0.128. The first-order chi connectivity index (χ1) is 16.7. The highest BCUT2D eigenvalue weighted by molar-refractivity contribution is 7.51. The monoisotopic (exact) mass is 538 g/mol. The molecule has 0 fully saturated rings. The van der Waals surface area contributed by atoms with Crippen molar-refractivity contribution in [2.45, 2.75) is 19.8 Å². The molecule has 0 aliphatic rings. The molecule has 0 unspecified atom stereocenters. The van der Waals surface area contributed by atoms with Crippen molar-refractivity contribution in [2.24, 2.45) is 0 Å². The predicted octanol–water partition coefficient (Wildman–Crippen LogP) is 6.08. The number of halogens is 2. The summed E-state index contributed by atoms with van der Waals surface area (Å²) in [5, 5.41) is 14.3. The molecule has 184 valence electrons. The van der Waals surface area contributed by atoms with Crippen LogP contribution in [0.15, 0.2) is 72.8 Å². The second-order valence-corrected chi connectivity index (χ2v) is 9.92. The van der Waals surface area contributed by atoms with Gasteiger partial charge in [0.1, 0.15) is 13.2 Å². The summed E-state index contributed by atoms with van der Waals surface area (Å²) in [5.74, 6) is -0.714. The minimum absolute atomic E-state index is 0.0556. The maximum absolute atomic E-state index is 13.3. The van der Waals surface area contributed by atoms with Crippen molar-refractivity contribution in [2.75, 3.05) is 6.54 Å². The molecule has 0 heterocycles. The molecule has 0 bridgehead atoms. The van der Waals surface area contributed by atoms with Crippen LogP contribution in [-0.4, -0.2) is 17.4 Å². The molecule has 3 aromatic carbocycles. The van der Waals surface area contributed by atoms with Gasteiger partial charge >= 0.3 is 13.7 Å². The van der Waals surface area contributed by atoms with E-state index < -0.39 is 25.2 Å². The molecule has 35 heavy (non-hydrogen) atoms. The van der Waals surface area contributed by atoms with Gasteiger partial charge in [-0.3, -0.25) is 24.0 Å². The smallest absolute Gasteiger partial charge is 0.406 e. The summed E-state index contributed by atoms with van der Waals surface area (Å²) >= 11 is 11.8. The number of ether oxygens (including phenoxy) is 1. The van der Waals surface area contributed by atoms with E-state index in [1.165, 1.54) is 24.3 Å². The summed E-state index contributed by atoms with van der Waals surface area (Å²) in [6.45, 7) is -0.675. The van der Waals surface area contributed by atoms with Crippen molar-refractivity contribution in [3.63, 3.8) is 0 Å². The van der Waals surface area contributed by atoms with Gasteiger partial charge < -0.3 is 4.74 Å². The molecule has 3 rings (SSSR count). The van der Waals surface area contributed by atoms with E-state index in [2.05, 4.69) is 5.09 Å². The van der Waals surface area contributed by atoms with Crippen molar-refractivity contribution in [3.8, 4) is 0 Å². The third-order valence-electron chi connectivity index (χ3n) is 4.59. The third kappa shape index (κ3) is 9.07. The van der Waals surface area contributed by atoms with Gasteiger partial charge in [-0.15, -0.1) is 0 Å². The van der Waals surface area contributed by atoms with Crippen LogP contribution < -0.4 is 5.09 Å². The molecule has 0 aliphatic heterocycles. The van der Waals surface area contributed by atoms with Gasteiger partial charge in [-0.1, -0.05) is 47.5 Å². The molecule has 0 radical (unpaired) electrons. The van der Waals surface area contributed by atoms with Crippen LogP contribution >= 0.6 is 30.9 Å². The molecule has 0 amide bonds. The Bertz CT molecular complexity index is 1140. The fourth-order valence-corrected chi connectivity index (χ4v) is 4.17. The van der Waals surface area contributed by atoms with Crippen LogP contribution in [0.3, 0.4) is 0 Å². The molecular weight excluding hydrogens is 518 g/mol. The van der Waals surface area contributed by atoms with Gasteiger partial charge in [0.15, 0.2) is 0 Å².